The molecule has 3 N–H and O–H groups in total. The van der Waals surface area contributed by atoms with Crippen LogP contribution < -0.4 is 11.1 Å². The van der Waals surface area contributed by atoms with Gasteiger partial charge in [0.05, 0.1) is 18.9 Å². The summed E-state index contributed by atoms with van der Waals surface area (Å²) in [5.41, 5.74) is 5.78. The Morgan fingerprint density at radius 3 is 3.05 bits per heavy atom. The molecule has 5 heteroatoms. The highest BCUT2D eigenvalue weighted by Crippen LogP contribution is 2.26. The van der Waals surface area contributed by atoms with Crippen molar-refractivity contribution in [1.82, 2.24) is 5.32 Å². The van der Waals surface area contributed by atoms with Crippen LogP contribution in [0, 0.1) is 5.92 Å². The zero-order valence-electron chi connectivity index (χ0n) is 12.0. The third kappa shape index (κ3) is 4.08. The molecule has 1 aromatic rings. The Bertz CT molecular complexity index is 405. The Balaban J connectivity index is 1.77. The minimum Gasteiger partial charge on any atom is -0.467 e. The van der Waals surface area contributed by atoms with Crippen molar-refractivity contribution in [3.63, 3.8) is 0 Å². The number of rotatable bonds is 6. The molecule has 5 nitrogen and oxygen atoms in total. The van der Waals surface area contributed by atoms with Crippen molar-refractivity contribution in [2.24, 2.45) is 11.7 Å². The van der Waals surface area contributed by atoms with E-state index >= 15 is 0 Å². The van der Waals surface area contributed by atoms with Crippen molar-refractivity contribution < 1.29 is 13.9 Å². The average molecular weight is 280 g/mol. The molecular formula is C15H24N2O3. The molecule has 1 fully saturated rings. The highest BCUT2D eigenvalue weighted by Gasteiger charge is 2.28. The Morgan fingerprint density at radius 1 is 1.55 bits per heavy atom. The van der Waals surface area contributed by atoms with Crippen molar-refractivity contribution in [2.45, 2.75) is 51.4 Å². The largest absolute Gasteiger partial charge is 0.467 e. The summed E-state index contributed by atoms with van der Waals surface area (Å²) in [6.45, 7) is 2.82. The number of carbonyl (C=O) groups excluding carboxylic acids is 1. The van der Waals surface area contributed by atoms with Gasteiger partial charge in [-0.2, -0.15) is 0 Å². The Hall–Kier alpha value is -1.33. The van der Waals surface area contributed by atoms with Crippen LogP contribution >= 0.6 is 0 Å². The van der Waals surface area contributed by atoms with Crippen LogP contribution in [0.25, 0.3) is 0 Å². The topological polar surface area (TPSA) is 77.5 Å². The molecule has 3 atom stereocenters. The molecular weight excluding hydrogens is 256 g/mol. The second kappa shape index (κ2) is 7.45. The first-order valence-corrected chi connectivity index (χ1v) is 7.36. The van der Waals surface area contributed by atoms with Gasteiger partial charge in [0, 0.05) is 0 Å². The summed E-state index contributed by atoms with van der Waals surface area (Å²) < 4.78 is 11.1. The zero-order valence-corrected chi connectivity index (χ0v) is 12.0. The lowest BCUT2D eigenvalue weighted by atomic mass is 9.86. The lowest BCUT2D eigenvalue weighted by molar-refractivity contribution is -0.139. The first kappa shape index (κ1) is 15.1. The second-order valence-corrected chi connectivity index (χ2v) is 5.39. The van der Waals surface area contributed by atoms with E-state index in [0.717, 1.165) is 25.0 Å². The molecule has 0 radical (unpaired) electrons. The van der Waals surface area contributed by atoms with E-state index in [1.807, 2.05) is 6.07 Å². The minimum atomic E-state index is -0.456. The number of hydrogen-bond acceptors (Lipinski definition) is 4. The smallest absolute Gasteiger partial charge is 0.249 e. The van der Waals surface area contributed by atoms with Crippen LogP contribution in [-0.2, 0) is 16.1 Å². The fourth-order valence-electron chi connectivity index (χ4n) is 2.68. The van der Waals surface area contributed by atoms with Crippen LogP contribution in [0.2, 0.25) is 0 Å². The molecule has 0 aromatic carbocycles. The minimum absolute atomic E-state index is 0.109. The lowest BCUT2D eigenvalue weighted by Gasteiger charge is -2.32. The molecule has 1 amide bonds. The van der Waals surface area contributed by atoms with E-state index in [2.05, 4.69) is 5.32 Å². The van der Waals surface area contributed by atoms with Crippen molar-refractivity contribution in [1.29, 1.82) is 0 Å². The summed E-state index contributed by atoms with van der Waals surface area (Å²) in [6, 6.07) is 3.63. The Labute approximate surface area is 119 Å². The fraction of sp³-hybridized carbons (Fsp3) is 0.667. The highest BCUT2D eigenvalue weighted by molar-refractivity contribution is 5.80. The van der Waals surface area contributed by atoms with Gasteiger partial charge < -0.3 is 20.2 Å². The zero-order chi connectivity index (χ0) is 14.4. The number of ether oxygens (including phenoxy) is 1. The second-order valence-electron chi connectivity index (χ2n) is 5.39. The summed E-state index contributed by atoms with van der Waals surface area (Å²) >= 11 is 0. The van der Waals surface area contributed by atoms with Gasteiger partial charge in [-0.1, -0.05) is 12.8 Å². The number of nitrogens with one attached hydrogen (secondary N) is 1. The first-order chi connectivity index (χ1) is 9.70. The number of hydrogen-bond donors (Lipinski definition) is 2. The molecule has 1 aliphatic rings. The van der Waals surface area contributed by atoms with Crippen LogP contribution in [0.4, 0.5) is 0 Å². The van der Waals surface area contributed by atoms with Crippen LogP contribution in [-0.4, -0.2) is 24.7 Å². The van der Waals surface area contributed by atoms with E-state index in [4.69, 9.17) is 14.9 Å². The van der Waals surface area contributed by atoms with Crippen LogP contribution in [0.3, 0.4) is 0 Å². The molecule has 1 saturated carbocycles. The molecule has 0 spiro atoms. The maximum atomic E-state index is 12.0. The van der Waals surface area contributed by atoms with Crippen LogP contribution in [0.1, 0.15) is 38.4 Å². The van der Waals surface area contributed by atoms with E-state index in [1.165, 1.54) is 6.42 Å². The van der Waals surface area contributed by atoms with E-state index in [1.54, 1.807) is 19.3 Å². The molecule has 2 rings (SSSR count). The van der Waals surface area contributed by atoms with E-state index in [9.17, 15) is 4.79 Å². The van der Waals surface area contributed by atoms with Crippen LogP contribution in [0.5, 0.6) is 0 Å². The predicted octanol–water partition coefficient (Wildman–Crippen LogP) is 1.82. The maximum absolute atomic E-state index is 12.0. The molecule has 0 saturated heterocycles. The Kier molecular flexibility index (Phi) is 5.61. The van der Waals surface area contributed by atoms with Crippen molar-refractivity contribution >= 4 is 5.91 Å². The van der Waals surface area contributed by atoms with E-state index in [-0.39, 0.29) is 12.0 Å². The molecule has 3 unspecified atom stereocenters. The third-order valence-corrected chi connectivity index (χ3v) is 3.91. The number of furan rings is 1. The maximum Gasteiger partial charge on any atom is 0.249 e. The lowest BCUT2D eigenvalue weighted by Crippen LogP contribution is -2.41. The number of amides is 1. The van der Waals surface area contributed by atoms with Gasteiger partial charge in [0.1, 0.15) is 11.9 Å². The van der Waals surface area contributed by atoms with Gasteiger partial charge in [-0.05, 0) is 44.4 Å². The highest BCUT2D eigenvalue weighted by atomic mass is 16.5. The fourth-order valence-corrected chi connectivity index (χ4v) is 2.68. The van der Waals surface area contributed by atoms with Crippen molar-refractivity contribution in [3.8, 4) is 0 Å². The van der Waals surface area contributed by atoms with Gasteiger partial charge in [0.25, 0.3) is 0 Å². The molecule has 20 heavy (non-hydrogen) atoms. The number of carbonyl (C=O) groups is 1. The third-order valence-electron chi connectivity index (χ3n) is 3.91. The van der Waals surface area contributed by atoms with Gasteiger partial charge in [0.15, 0.2) is 0 Å². The van der Waals surface area contributed by atoms with Crippen molar-refractivity contribution in [2.75, 3.05) is 6.54 Å². The van der Waals surface area contributed by atoms with E-state index < -0.39 is 6.10 Å². The summed E-state index contributed by atoms with van der Waals surface area (Å²) in [5, 5.41) is 2.82. The predicted molar refractivity (Wildman–Crippen MR) is 75.9 cm³/mol. The average Bonchev–Trinajstić information content (AvgIpc) is 2.98. The van der Waals surface area contributed by atoms with E-state index in [0.29, 0.717) is 19.0 Å². The summed E-state index contributed by atoms with van der Waals surface area (Å²) in [5.74, 6) is 1.01. The van der Waals surface area contributed by atoms with Gasteiger partial charge in [-0.3, -0.25) is 4.79 Å². The standard InChI is InChI=1S/C15H24N2O3/c1-11(15(18)17-10-13-6-4-8-19-13)20-14-7-3-2-5-12(14)9-16/h4,6,8,11-12,14H,2-3,5,7,9-10,16H2,1H3,(H,17,18). The molecule has 1 heterocycles. The molecule has 0 aliphatic heterocycles. The molecule has 0 bridgehead atoms. The quantitative estimate of drug-likeness (QED) is 0.833. The molecule has 112 valence electrons. The summed E-state index contributed by atoms with van der Waals surface area (Å²) in [6.07, 6.45) is 5.71. The Morgan fingerprint density at radius 2 is 2.35 bits per heavy atom. The van der Waals surface area contributed by atoms with Crippen LogP contribution in [0.15, 0.2) is 22.8 Å². The molecule has 1 aromatic heterocycles. The normalized spacial score (nSPS) is 24.3. The molecule has 1 aliphatic carbocycles. The SMILES string of the molecule is CC(OC1CCCCC1CN)C(=O)NCc1ccco1. The van der Waals surface area contributed by atoms with Gasteiger partial charge in [-0.25, -0.2) is 0 Å². The summed E-state index contributed by atoms with van der Waals surface area (Å²) in [7, 11) is 0. The number of nitrogens with two attached hydrogens (primary N) is 1. The van der Waals surface area contributed by atoms with Gasteiger partial charge >= 0.3 is 0 Å². The summed E-state index contributed by atoms with van der Waals surface area (Å²) in [4.78, 5) is 12.0. The van der Waals surface area contributed by atoms with Crippen molar-refractivity contribution in [3.05, 3.63) is 24.2 Å². The monoisotopic (exact) mass is 280 g/mol. The van der Waals surface area contributed by atoms with Gasteiger partial charge in [-0.15, -0.1) is 0 Å². The van der Waals surface area contributed by atoms with Gasteiger partial charge in [0.2, 0.25) is 5.91 Å². The first-order valence-electron chi connectivity index (χ1n) is 7.36.